The summed E-state index contributed by atoms with van der Waals surface area (Å²) in [5.41, 5.74) is 0. The van der Waals surface area contributed by atoms with Crippen LogP contribution in [-0.4, -0.2) is 29.8 Å². The van der Waals surface area contributed by atoms with Crippen LogP contribution in [0, 0.1) is 17.8 Å². The minimum atomic E-state index is 0.222. The maximum atomic E-state index is 12.0. The zero-order chi connectivity index (χ0) is 12.3. The molecule has 2 nitrogen and oxygen atoms in total. The molecule has 1 rings (SSSR count). The molecule has 0 radical (unpaired) electrons. The van der Waals surface area contributed by atoms with Crippen LogP contribution < -0.4 is 0 Å². The van der Waals surface area contributed by atoms with E-state index < -0.39 is 0 Å². The Morgan fingerprint density at radius 1 is 1.38 bits per heavy atom. The van der Waals surface area contributed by atoms with Crippen LogP contribution in [-0.2, 0) is 4.79 Å². The summed E-state index contributed by atoms with van der Waals surface area (Å²) in [4.78, 5) is 14.3. The molecular formula is C14H27NO. The molecule has 0 N–H and O–H groups in total. The van der Waals surface area contributed by atoms with Crippen LogP contribution >= 0.6 is 0 Å². The Kier molecular flexibility index (Phi) is 4.97. The first-order valence-corrected chi connectivity index (χ1v) is 6.72. The van der Waals surface area contributed by atoms with Crippen molar-refractivity contribution in [3.63, 3.8) is 0 Å². The SMILES string of the molecule is CCC(C)C(=O)CN1CC(C)CC(C)C1C. The fraction of sp³-hybridized carbons (Fsp3) is 0.929. The van der Waals surface area contributed by atoms with Gasteiger partial charge in [0, 0.05) is 18.5 Å². The molecule has 0 aromatic rings. The van der Waals surface area contributed by atoms with Gasteiger partial charge in [-0.3, -0.25) is 9.69 Å². The summed E-state index contributed by atoms with van der Waals surface area (Å²) >= 11 is 0. The van der Waals surface area contributed by atoms with Crippen LogP contribution in [0.25, 0.3) is 0 Å². The Labute approximate surface area is 100 Å². The molecule has 0 aliphatic carbocycles. The van der Waals surface area contributed by atoms with E-state index in [0.717, 1.165) is 18.9 Å². The smallest absolute Gasteiger partial charge is 0.149 e. The topological polar surface area (TPSA) is 20.3 Å². The zero-order valence-corrected chi connectivity index (χ0v) is 11.5. The summed E-state index contributed by atoms with van der Waals surface area (Å²) in [6.45, 7) is 12.8. The van der Waals surface area contributed by atoms with Crippen molar-refractivity contribution < 1.29 is 4.79 Å². The van der Waals surface area contributed by atoms with Gasteiger partial charge in [-0.25, -0.2) is 0 Å². The van der Waals surface area contributed by atoms with Gasteiger partial charge in [0.15, 0.2) is 0 Å². The normalized spacial score (nSPS) is 33.7. The summed E-state index contributed by atoms with van der Waals surface area (Å²) in [6, 6.07) is 0.559. The monoisotopic (exact) mass is 225 g/mol. The lowest BCUT2D eigenvalue weighted by atomic mass is 9.85. The highest BCUT2D eigenvalue weighted by atomic mass is 16.1. The molecule has 1 fully saturated rings. The lowest BCUT2D eigenvalue weighted by Gasteiger charge is -2.41. The summed E-state index contributed by atoms with van der Waals surface area (Å²) in [5.74, 6) is 2.08. The van der Waals surface area contributed by atoms with Gasteiger partial charge < -0.3 is 0 Å². The molecule has 0 amide bonds. The molecule has 4 atom stereocenters. The predicted octanol–water partition coefficient (Wildman–Crippen LogP) is 2.97. The number of Topliss-reactive ketones (excluding diaryl/α,β-unsaturated/α-hetero) is 1. The molecule has 1 aliphatic heterocycles. The molecule has 4 unspecified atom stereocenters. The number of rotatable bonds is 4. The first-order valence-electron chi connectivity index (χ1n) is 6.72. The molecule has 94 valence electrons. The fourth-order valence-corrected chi connectivity index (χ4v) is 2.62. The Bertz CT molecular complexity index is 239. The van der Waals surface area contributed by atoms with Crippen molar-refractivity contribution in [2.45, 2.75) is 53.5 Å². The van der Waals surface area contributed by atoms with E-state index in [1.54, 1.807) is 0 Å². The quantitative estimate of drug-likeness (QED) is 0.733. The molecule has 0 aromatic carbocycles. The molecule has 0 spiro atoms. The van der Waals surface area contributed by atoms with Crippen LogP contribution in [0.2, 0.25) is 0 Å². The predicted molar refractivity (Wildman–Crippen MR) is 68.4 cm³/mol. The van der Waals surface area contributed by atoms with Crippen molar-refractivity contribution in [2.24, 2.45) is 17.8 Å². The highest BCUT2D eigenvalue weighted by Crippen LogP contribution is 2.26. The third kappa shape index (κ3) is 3.31. The van der Waals surface area contributed by atoms with Gasteiger partial charge >= 0.3 is 0 Å². The van der Waals surface area contributed by atoms with Gasteiger partial charge in [-0.05, 0) is 31.6 Å². The molecule has 0 bridgehead atoms. The van der Waals surface area contributed by atoms with Crippen molar-refractivity contribution in [1.29, 1.82) is 0 Å². The summed E-state index contributed by atoms with van der Waals surface area (Å²) < 4.78 is 0. The number of carbonyl (C=O) groups excluding carboxylic acids is 1. The van der Waals surface area contributed by atoms with Crippen molar-refractivity contribution in [1.82, 2.24) is 4.90 Å². The fourth-order valence-electron chi connectivity index (χ4n) is 2.62. The Hall–Kier alpha value is -0.370. The Morgan fingerprint density at radius 3 is 2.56 bits per heavy atom. The summed E-state index contributed by atoms with van der Waals surface area (Å²) in [6.07, 6.45) is 2.27. The second-order valence-corrected chi connectivity index (χ2v) is 5.76. The largest absolute Gasteiger partial charge is 0.298 e. The van der Waals surface area contributed by atoms with Crippen molar-refractivity contribution >= 4 is 5.78 Å². The number of likely N-dealkylation sites (tertiary alicyclic amines) is 1. The minimum absolute atomic E-state index is 0.222. The van der Waals surface area contributed by atoms with E-state index in [1.165, 1.54) is 6.42 Å². The molecule has 2 heteroatoms. The number of hydrogen-bond donors (Lipinski definition) is 0. The third-order valence-corrected chi connectivity index (χ3v) is 4.24. The van der Waals surface area contributed by atoms with Crippen LogP contribution in [0.1, 0.15) is 47.5 Å². The van der Waals surface area contributed by atoms with E-state index in [1.807, 2.05) is 6.92 Å². The molecule has 0 aromatic heterocycles. The standard InChI is InChI=1S/C14H27NO/c1-6-11(3)14(16)9-15-8-10(2)7-12(4)13(15)5/h10-13H,6-9H2,1-5H3. The van der Waals surface area contributed by atoms with Gasteiger partial charge in [-0.15, -0.1) is 0 Å². The molecule has 1 aliphatic rings. The van der Waals surface area contributed by atoms with E-state index in [4.69, 9.17) is 0 Å². The van der Waals surface area contributed by atoms with Gasteiger partial charge in [-0.2, -0.15) is 0 Å². The van der Waals surface area contributed by atoms with Crippen molar-refractivity contribution in [3.05, 3.63) is 0 Å². The molecule has 1 heterocycles. The molecule has 0 saturated carbocycles. The van der Waals surface area contributed by atoms with Gasteiger partial charge in [0.1, 0.15) is 5.78 Å². The number of piperidine rings is 1. The summed E-state index contributed by atoms with van der Waals surface area (Å²) in [7, 11) is 0. The van der Waals surface area contributed by atoms with E-state index in [0.29, 0.717) is 24.3 Å². The molecule has 1 saturated heterocycles. The van der Waals surface area contributed by atoms with Crippen LogP contribution in [0.4, 0.5) is 0 Å². The maximum absolute atomic E-state index is 12.0. The highest BCUT2D eigenvalue weighted by Gasteiger charge is 2.30. The van der Waals surface area contributed by atoms with Gasteiger partial charge in [-0.1, -0.05) is 27.7 Å². The first kappa shape index (κ1) is 13.7. The maximum Gasteiger partial charge on any atom is 0.149 e. The van der Waals surface area contributed by atoms with E-state index >= 15 is 0 Å². The highest BCUT2D eigenvalue weighted by molar-refractivity contribution is 5.82. The van der Waals surface area contributed by atoms with Crippen LogP contribution in [0.15, 0.2) is 0 Å². The van der Waals surface area contributed by atoms with Gasteiger partial charge in [0.2, 0.25) is 0 Å². The Morgan fingerprint density at radius 2 is 2.00 bits per heavy atom. The number of hydrogen-bond acceptors (Lipinski definition) is 2. The average molecular weight is 225 g/mol. The van der Waals surface area contributed by atoms with Crippen LogP contribution in [0.3, 0.4) is 0 Å². The minimum Gasteiger partial charge on any atom is -0.298 e. The first-order chi connectivity index (χ1) is 7.45. The van der Waals surface area contributed by atoms with Crippen molar-refractivity contribution in [2.75, 3.05) is 13.1 Å². The van der Waals surface area contributed by atoms with Gasteiger partial charge in [0.05, 0.1) is 6.54 Å². The average Bonchev–Trinajstić information content (AvgIpc) is 2.23. The van der Waals surface area contributed by atoms with Gasteiger partial charge in [0.25, 0.3) is 0 Å². The van der Waals surface area contributed by atoms with Crippen molar-refractivity contribution in [3.8, 4) is 0 Å². The van der Waals surface area contributed by atoms with E-state index in [9.17, 15) is 4.79 Å². The second kappa shape index (κ2) is 5.81. The number of ketones is 1. The van der Waals surface area contributed by atoms with E-state index in [2.05, 4.69) is 32.6 Å². The second-order valence-electron chi connectivity index (χ2n) is 5.76. The molecular weight excluding hydrogens is 198 g/mol. The zero-order valence-electron chi connectivity index (χ0n) is 11.5. The Balaban J connectivity index is 2.55. The van der Waals surface area contributed by atoms with Crippen LogP contribution in [0.5, 0.6) is 0 Å². The molecule has 16 heavy (non-hydrogen) atoms. The lowest BCUT2D eigenvalue weighted by Crippen LogP contribution is -2.48. The number of carbonyl (C=O) groups is 1. The lowest BCUT2D eigenvalue weighted by molar-refractivity contribution is -0.125. The summed E-state index contributed by atoms with van der Waals surface area (Å²) in [5, 5.41) is 0. The third-order valence-electron chi connectivity index (χ3n) is 4.24. The number of nitrogens with zero attached hydrogens (tertiary/aromatic N) is 1. The van der Waals surface area contributed by atoms with E-state index in [-0.39, 0.29) is 5.92 Å².